The molecule has 1 atom stereocenters. The first-order valence-electron chi connectivity index (χ1n) is 11.0. The van der Waals surface area contributed by atoms with E-state index in [0.29, 0.717) is 46.8 Å². The van der Waals surface area contributed by atoms with Crippen LogP contribution in [0.1, 0.15) is 11.3 Å². The summed E-state index contributed by atoms with van der Waals surface area (Å²) in [6, 6.07) is 9.25. The Morgan fingerprint density at radius 2 is 1.94 bits per heavy atom. The number of nitrogens with zero attached hydrogens (tertiary/aromatic N) is 4. The number of fused-ring (bicyclic) bond motifs is 2. The molecule has 0 bridgehead atoms. The third-order valence-corrected chi connectivity index (χ3v) is 7.41. The number of aromatic amines is 1. The number of hydrogen-bond acceptors (Lipinski definition) is 8. The minimum absolute atomic E-state index is 0.0392. The van der Waals surface area contributed by atoms with E-state index in [2.05, 4.69) is 15.2 Å². The van der Waals surface area contributed by atoms with E-state index in [-0.39, 0.29) is 18.2 Å². The predicted octanol–water partition coefficient (Wildman–Crippen LogP) is 1.85. The van der Waals surface area contributed by atoms with E-state index >= 15 is 0 Å². The van der Waals surface area contributed by atoms with Crippen LogP contribution < -0.4 is 10.2 Å². The maximum absolute atomic E-state index is 13.1. The number of imide groups is 1. The van der Waals surface area contributed by atoms with E-state index in [1.165, 1.54) is 11.3 Å². The lowest BCUT2D eigenvalue weighted by Gasteiger charge is -2.39. The van der Waals surface area contributed by atoms with Crippen molar-refractivity contribution in [2.75, 3.05) is 38.2 Å². The van der Waals surface area contributed by atoms with Gasteiger partial charge in [-0.1, -0.05) is 18.2 Å². The Balaban J connectivity index is 1.60. The number of amides is 2. The molecule has 2 amide bonds. The molecule has 5 heterocycles. The Hall–Kier alpha value is -3.60. The van der Waals surface area contributed by atoms with Gasteiger partial charge >= 0.3 is 0 Å². The number of aromatic nitrogens is 3. The summed E-state index contributed by atoms with van der Waals surface area (Å²) in [4.78, 5) is 43.1. The van der Waals surface area contributed by atoms with Gasteiger partial charge in [-0.25, -0.2) is 9.97 Å². The molecular formula is C24H22N6O3S. The first-order valence-corrected chi connectivity index (χ1v) is 11.9. The smallest absolute Gasteiger partial charge is 0.261 e. The van der Waals surface area contributed by atoms with Crippen LogP contribution >= 0.6 is 11.3 Å². The number of likely N-dealkylation sites (N-methyl/N-ethyl adjacent to an activating group) is 1. The van der Waals surface area contributed by atoms with Gasteiger partial charge in [0.2, 0.25) is 5.95 Å². The number of anilines is 1. The number of hydrogen-bond donors (Lipinski definition) is 3. The Bertz CT molecular complexity index is 1490. The number of aliphatic hydroxyl groups excluding tert-OH is 1. The van der Waals surface area contributed by atoms with Gasteiger partial charge in [-0.3, -0.25) is 14.9 Å². The fraction of sp³-hybridized carbons (Fsp3) is 0.250. The topological polar surface area (TPSA) is 114 Å². The molecule has 10 heteroatoms. The molecule has 2 aliphatic rings. The van der Waals surface area contributed by atoms with Crippen molar-refractivity contribution in [3.63, 3.8) is 0 Å². The largest absolute Gasteiger partial charge is 0.394 e. The molecule has 3 aromatic heterocycles. The number of benzene rings is 1. The summed E-state index contributed by atoms with van der Waals surface area (Å²) in [7, 11) is 2.01. The number of aliphatic hydroxyl groups is 1. The number of para-hydroxylation sites is 1. The van der Waals surface area contributed by atoms with Gasteiger partial charge in [-0.2, -0.15) is 0 Å². The van der Waals surface area contributed by atoms with Crippen molar-refractivity contribution in [3.8, 4) is 0 Å². The Labute approximate surface area is 198 Å². The fourth-order valence-electron chi connectivity index (χ4n) is 4.78. The van der Waals surface area contributed by atoms with Gasteiger partial charge in [0.05, 0.1) is 45.2 Å². The highest BCUT2D eigenvalue weighted by Gasteiger charge is 2.36. The predicted molar refractivity (Wildman–Crippen MR) is 131 cm³/mol. The number of nitrogens with one attached hydrogen (secondary N) is 2. The van der Waals surface area contributed by atoms with Crippen LogP contribution in [0.3, 0.4) is 0 Å². The SMILES string of the molecule is CN1CCN(c2nc(C3=C(c4c[nH]c5ccsc45)C(=O)NC3=O)c3ccccc3n2)C(CO)C1. The highest BCUT2D eigenvalue weighted by molar-refractivity contribution is 7.17. The number of H-pyrrole nitrogens is 1. The van der Waals surface area contributed by atoms with E-state index in [9.17, 15) is 14.7 Å². The lowest BCUT2D eigenvalue weighted by Crippen LogP contribution is -2.54. The van der Waals surface area contributed by atoms with Crippen LogP contribution in [0.15, 0.2) is 41.9 Å². The van der Waals surface area contributed by atoms with E-state index < -0.39 is 11.8 Å². The fourth-order valence-corrected chi connectivity index (χ4v) is 5.67. The number of carbonyl (C=O) groups is 2. The van der Waals surface area contributed by atoms with Crippen LogP contribution in [0.2, 0.25) is 0 Å². The van der Waals surface area contributed by atoms with Gasteiger partial charge in [-0.15, -0.1) is 11.3 Å². The molecule has 0 saturated carbocycles. The summed E-state index contributed by atoms with van der Waals surface area (Å²) in [6.07, 6.45) is 1.77. The normalized spacial score (nSPS) is 19.6. The van der Waals surface area contributed by atoms with Gasteiger partial charge in [0.15, 0.2) is 0 Å². The van der Waals surface area contributed by atoms with Crippen molar-refractivity contribution in [2.24, 2.45) is 0 Å². The molecule has 4 aromatic rings. The number of piperazine rings is 1. The van der Waals surface area contributed by atoms with E-state index in [4.69, 9.17) is 9.97 Å². The van der Waals surface area contributed by atoms with Crippen molar-refractivity contribution in [1.82, 2.24) is 25.2 Å². The highest BCUT2D eigenvalue weighted by atomic mass is 32.1. The molecular weight excluding hydrogens is 452 g/mol. The molecule has 3 N–H and O–H groups in total. The number of rotatable bonds is 4. The van der Waals surface area contributed by atoms with E-state index in [1.807, 2.05) is 47.7 Å². The average Bonchev–Trinajstić information content (AvgIpc) is 3.53. The maximum atomic E-state index is 13.1. The molecule has 172 valence electrons. The third-order valence-electron chi connectivity index (χ3n) is 6.46. The first kappa shape index (κ1) is 21.0. The lowest BCUT2D eigenvalue weighted by molar-refractivity contribution is -0.122. The summed E-state index contributed by atoms with van der Waals surface area (Å²) in [5.41, 5.74) is 3.24. The van der Waals surface area contributed by atoms with E-state index in [1.54, 1.807) is 6.20 Å². The van der Waals surface area contributed by atoms with E-state index in [0.717, 1.165) is 16.8 Å². The Morgan fingerprint density at radius 3 is 2.79 bits per heavy atom. The Kier molecular flexibility index (Phi) is 4.94. The van der Waals surface area contributed by atoms with Crippen LogP contribution in [-0.4, -0.2) is 76.1 Å². The van der Waals surface area contributed by atoms with Crippen LogP contribution in [0.5, 0.6) is 0 Å². The zero-order valence-electron chi connectivity index (χ0n) is 18.4. The summed E-state index contributed by atoms with van der Waals surface area (Å²) < 4.78 is 0.912. The van der Waals surface area contributed by atoms with Crippen molar-refractivity contribution in [2.45, 2.75) is 6.04 Å². The lowest BCUT2D eigenvalue weighted by atomic mass is 9.99. The second-order valence-electron chi connectivity index (χ2n) is 8.58. The minimum Gasteiger partial charge on any atom is -0.394 e. The maximum Gasteiger partial charge on any atom is 0.261 e. The minimum atomic E-state index is -0.474. The molecule has 6 rings (SSSR count). The summed E-state index contributed by atoms with van der Waals surface area (Å²) >= 11 is 1.51. The zero-order valence-corrected chi connectivity index (χ0v) is 19.2. The molecule has 1 unspecified atom stereocenters. The number of thiophene rings is 1. The Morgan fingerprint density at radius 1 is 1.12 bits per heavy atom. The monoisotopic (exact) mass is 474 g/mol. The van der Waals surface area contributed by atoms with Crippen LogP contribution in [0.4, 0.5) is 5.95 Å². The quantitative estimate of drug-likeness (QED) is 0.387. The second kappa shape index (κ2) is 8.01. The molecule has 0 radical (unpaired) electrons. The zero-order chi connectivity index (χ0) is 23.4. The summed E-state index contributed by atoms with van der Waals surface area (Å²) in [5.74, 6) is -0.473. The van der Waals surface area contributed by atoms with Crippen LogP contribution in [0, 0.1) is 0 Å². The van der Waals surface area contributed by atoms with Gasteiger partial charge in [0, 0.05) is 36.8 Å². The molecule has 9 nitrogen and oxygen atoms in total. The second-order valence-corrected chi connectivity index (χ2v) is 9.50. The third kappa shape index (κ3) is 3.22. The van der Waals surface area contributed by atoms with Crippen LogP contribution in [0.25, 0.3) is 32.3 Å². The standard InChI is InChI=1S/C24H22N6O3S/c1-29-7-8-30(13(11-29)12-31)24-26-16-5-3-2-4-14(16)20(27-24)19-18(22(32)28-23(19)33)15-10-25-17-6-9-34-21(15)17/h2-6,9-10,13,25,31H,7-8,11-12H2,1H3,(H,28,32,33). The van der Waals surface area contributed by atoms with Crippen molar-refractivity contribution < 1.29 is 14.7 Å². The van der Waals surface area contributed by atoms with Gasteiger partial charge < -0.3 is 19.9 Å². The average molecular weight is 475 g/mol. The van der Waals surface area contributed by atoms with Crippen molar-refractivity contribution in [1.29, 1.82) is 0 Å². The molecule has 34 heavy (non-hydrogen) atoms. The molecule has 0 spiro atoms. The van der Waals surface area contributed by atoms with Crippen molar-refractivity contribution in [3.05, 3.63) is 53.2 Å². The van der Waals surface area contributed by atoms with Crippen molar-refractivity contribution >= 4 is 61.4 Å². The summed E-state index contributed by atoms with van der Waals surface area (Å²) in [6.45, 7) is 2.08. The summed E-state index contributed by atoms with van der Waals surface area (Å²) in [5, 5.41) is 15.1. The molecule has 1 saturated heterocycles. The highest BCUT2D eigenvalue weighted by Crippen LogP contribution is 2.38. The number of carbonyl (C=O) groups excluding carboxylic acids is 2. The van der Waals surface area contributed by atoms with Crippen LogP contribution in [-0.2, 0) is 9.59 Å². The van der Waals surface area contributed by atoms with Gasteiger partial charge in [-0.05, 0) is 24.6 Å². The molecule has 1 fully saturated rings. The molecule has 1 aromatic carbocycles. The molecule has 2 aliphatic heterocycles. The van der Waals surface area contributed by atoms with Gasteiger partial charge in [0.25, 0.3) is 11.8 Å². The van der Waals surface area contributed by atoms with Gasteiger partial charge in [0.1, 0.15) is 0 Å². The first-order chi connectivity index (χ1) is 16.5. The molecule has 0 aliphatic carbocycles.